The molecule has 0 unspecified atom stereocenters. The highest BCUT2D eigenvalue weighted by Gasteiger charge is 2.18. The van der Waals surface area contributed by atoms with Crippen molar-refractivity contribution < 1.29 is 0 Å². The summed E-state index contributed by atoms with van der Waals surface area (Å²) in [5, 5.41) is 7.74. The standard InChI is InChI=1S/C38H30N2P2/c1-5-13-33(14-6-1)41(34-15-7-2-8-16-34)27-31-25-23-29-21-22-30-24-26-32(40-38(30)37(29)39-31)28-42(35-17-9-3-10-18-35)36-19-11-4-12-20-36/h1-26H,27-28H2. The van der Waals surface area contributed by atoms with Crippen LogP contribution in [0.5, 0.6) is 0 Å². The quantitative estimate of drug-likeness (QED) is 0.135. The van der Waals surface area contributed by atoms with Crippen molar-refractivity contribution >= 4 is 58.9 Å². The van der Waals surface area contributed by atoms with E-state index in [1.165, 1.54) is 21.2 Å². The first-order valence-corrected chi connectivity index (χ1v) is 17.3. The Bertz CT molecular complexity index is 1710. The molecule has 0 bridgehead atoms. The summed E-state index contributed by atoms with van der Waals surface area (Å²) in [5.74, 6) is 0. The Kier molecular flexibility index (Phi) is 7.83. The molecule has 4 heteroatoms. The van der Waals surface area contributed by atoms with E-state index in [-0.39, 0.29) is 0 Å². The Balaban J connectivity index is 1.28. The summed E-state index contributed by atoms with van der Waals surface area (Å²) < 4.78 is 0. The van der Waals surface area contributed by atoms with Gasteiger partial charge in [0.15, 0.2) is 0 Å². The Labute approximate surface area is 249 Å². The molecule has 0 aliphatic carbocycles. The predicted octanol–water partition coefficient (Wildman–Crippen LogP) is 8.05. The average molecular weight is 577 g/mol. The van der Waals surface area contributed by atoms with Crippen molar-refractivity contribution in [1.29, 1.82) is 0 Å². The van der Waals surface area contributed by atoms with Gasteiger partial charge in [-0.3, -0.25) is 9.97 Å². The largest absolute Gasteiger partial charge is 0.250 e. The van der Waals surface area contributed by atoms with Gasteiger partial charge in [-0.25, -0.2) is 0 Å². The van der Waals surface area contributed by atoms with Gasteiger partial charge in [-0.05, 0) is 49.2 Å². The SMILES string of the molecule is c1ccc(P(Cc2ccc3ccc4ccc(CP(c5ccccc5)c5ccccc5)nc4c3n2)c2ccccc2)cc1. The van der Waals surface area contributed by atoms with E-state index in [9.17, 15) is 0 Å². The van der Waals surface area contributed by atoms with Crippen LogP contribution in [-0.4, -0.2) is 9.97 Å². The number of pyridine rings is 2. The van der Waals surface area contributed by atoms with E-state index in [4.69, 9.17) is 9.97 Å². The third-order valence-electron chi connectivity index (χ3n) is 7.55. The lowest BCUT2D eigenvalue weighted by Crippen LogP contribution is -2.13. The van der Waals surface area contributed by atoms with Crippen molar-refractivity contribution in [2.45, 2.75) is 12.3 Å². The zero-order valence-electron chi connectivity index (χ0n) is 23.2. The highest BCUT2D eigenvalue weighted by Crippen LogP contribution is 2.39. The van der Waals surface area contributed by atoms with Crippen molar-refractivity contribution in [3.05, 3.63) is 169 Å². The van der Waals surface area contributed by atoms with Crippen molar-refractivity contribution in [1.82, 2.24) is 9.97 Å². The third-order valence-corrected chi connectivity index (χ3v) is 12.5. The molecule has 0 spiro atoms. The molecule has 2 aromatic heterocycles. The first-order valence-electron chi connectivity index (χ1n) is 14.3. The number of fused-ring (bicyclic) bond motifs is 3. The fourth-order valence-electron chi connectivity index (χ4n) is 5.44. The fourth-order valence-corrected chi connectivity index (χ4v) is 9.90. The first-order chi connectivity index (χ1) is 20.8. The molecule has 0 atom stereocenters. The van der Waals surface area contributed by atoms with E-state index in [1.807, 2.05) is 0 Å². The van der Waals surface area contributed by atoms with Gasteiger partial charge >= 0.3 is 0 Å². The van der Waals surface area contributed by atoms with E-state index in [0.717, 1.165) is 45.5 Å². The number of hydrogen-bond donors (Lipinski definition) is 0. The minimum Gasteiger partial charge on any atom is -0.250 e. The monoisotopic (exact) mass is 576 g/mol. The maximum Gasteiger partial charge on any atom is 0.0968 e. The minimum absolute atomic E-state index is 0.576. The Morgan fingerprint density at radius 3 is 0.929 bits per heavy atom. The summed E-state index contributed by atoms with van der Waals surface area (Å²) in [6.45, 7) is 0. The van der Waals surface area contributed by atoms with Crippen LogP contribution in [0.2, 0.25) is 0 Å². The lowest BCUT2D eigenvalue weighted by molar-refractivity contribution is 1.19. The molecular weight excluding hydrogens is 546 g/mol. The zero-order valence-corrected chi connectivity index (χ0v) is 25.0. The lowest BCUT2D eigenvalue weighted by Gasteiger charge is -2.19. The molecule has 0 saturated carbocycles. The number of benzene rings is 5. The Hall–Kier alpha value is -4.22. The summed E-state index contributed by atoms with van der Waals surface area (Å²) in [6.07, 6.45) is 1.78. The van der Waals surface area contributed by atoms with Gasteiger partial charge < -0.3 is 0 Å². The topological polar surface area (TPSA) is 25.8 Å². The van der Waals surface area contributed by atoms with Crippen LogP contribution in [0.25, 0.3) is 21.8 Å². The van der Waals surface area contributed by atoms with E-state index in [2.05, 4.69) is 158 Å². The van der Waals surface area contributed by atoms with E-state index in [1.54, 1.807) is 0 Å². The zero-order chi connectivity index (χ0) is 28.1. The summed E-state index contributed by atoms with van der Waals surface area (Å²) in [4.78, 5) is 10.6. The molecule has 0 amide bonds. The highest BCUT2D eigenvalue weighted by molar-refractivity contribution is 7.72. The maximum absolute atomic E-state index is 5.29. The molecule has 5 aromatic carbocycles. The van der Waals surface area contributed by atoms with Crippen LogP contribution >= 0.6 is 15.8 Å². The maximum atomic E-state index is 5.29. The van der Waals surface area contributed by atoms with Crippen molar-refractivity contribution in [3.8, 4) is 0 Å². The second-order valence-electron chi connectivity index (χ2n) is 10.3. The van der Waals surface area contributed by atoms with Crippen LogP contribution in [0.3, 0.4) is 0 Å². The van der Waals surface area contributed by atoms with Gasteiger partial charge in [0.05, 0.1) is 11.0 Å². The van der Waals surface area contributed by atoms with E-state index >= 15 is 0 Å². The first kappa shape index (κ1) is 26.7. The summed E-state index contributed by atoms with van der Waals surface area (Å²) in [6, 6.07) is 56.7. The van der Waals surface area contributed by atoms with Crippen LogP contribution < -0.4 is 21.2 Å². The van der Waals surface area contributed by atoms with Crippen molar-refractivity contribution in [3.63, 3.8) is 0 Å². The third kappa shape index (κ3) is 5.75. The van der Waals surface area contributed by atoms with Crippen molar-refractivity contribution in [2.75, 3.05) is 0 Å². The van der Waals surface area contributed by atoms with Crippen LogP contribution in [0, 0.1) is 0 Å². The second kappa shape index (κ2) is 12.3. The van der Waals surface area contributed by atoms with Crippen molar-refractivity contribution in [2.24, 2.45) is 0 Å². The van der Waals surface area contributed by atoms with Gasteiger partial charge in [-0.1, -0.05) is 146 Å². The van der Waals surface area contributed by atoms with E-state index in [0.29, 0.717) is 0 Å². The number of rotatable bonds is 8. The predicted molar refractivity (Wildman–Crippen MR) is 183 cm³/mol. The van der Waals surface area contributed by atoms with Gasteiger partial charge in [0.25, 0.3) is 0 Å². The van der Waals surface area contributed by atoms with Crippen LogP contribution in [0.15, 0.2) is 158 Å². The van der Waals surface area contributed by atoms with Gasteiger partial charge in [0.1, 0.15) is 0 Å². The van der Waals surface area contributed by atoms with Crippen LogP contribution in [-0.2, 0) is 12.3 Å². The van der Waals surface area contributed by atoms with Gasteiger partial charge in [-0.15, -0.1) is 0 Å². The number of nitrogens with zero attached hydrogens (tertiary/aromatic N) is 2. The average Bonchev–Trinajstić information content (AvgIpc) is 3.07. The summed E-state index contributed by atoms with van der Waals surface area (Å²) >= 11 is 0. The molecule has 2 nitrogen and oxygen atoms in total. The molecule has 42 heavy (non-hydrogen) atoms. The summed E-state index contributed by atoms with van der Waals surface area (Å²) in [7, 11) is -1.15. The van der Waals surface area contributed by atoms with E-state index < -0.39 is 15.8 Å². The number of hydrogen-bond acceptors (Lipinski definition) is 2. The summed E-state index contributed by atoms with van der Waals surface area (Å²) in [5.41, 5.74) is 4.20. The molecule has 7 aromatic rings. The molecule has 202 valence electrons. The molecule has 7 rings (SSSR count). The molecule has 0 aliphatic rings. The number of aromatic nitrogens is 2. The molecular formula is C38H30N2P2. The lowest BCUT2D eigenvalue weighted by atomic mass is 10.1. The van der Waals surface area contributed by atoms with Gasteiger partial charge in [0, 0.05) is 34.5 Å². The molecule has 0 N–H and O–H groups in total. The molecule has 0 fully saturated rings. The van der Waals surface area contributed by atoms with Gasteiger partial charge in [0.2, 0.25) is 0 Å². The Morgan fingerprint density at radius 1 is 0.333 bits per heavy atom. The van der Waals surface area contributed by atoms with Crippen LogP contribution in [0.4, 0.5) is 0 Å². The fraction of sp³-hybridized carbons (Fsp3) is 0.0526. The van der Waals surface area contributed by atoms with Gasteiger partial charge in [-0.2, -0.15) is 0 Å². The molecule has 0 aliphatic heterocycles. The second-order valence-corrected chi connectivity index (χ2v) is 14.7. The molecule has 0 radical (unpaired) electrons. The molecule has 0 saturated heterocycles. The molecule has 2 heterocycles. The smallest absolute Gasteiger partial charge is 0.0968 e. The Morgan fingerprint density at radius 2 is 0.619 bits per heavy atom. The highest BCUT2D eigenvalue weighted by atomic mass is 31.1. The van der Waals surface area contributed by atoms with Crippen LogP contribution in [0.1, 0.15) is 11.4 Å². The minimum atomic E-state index is -0.576. The normalized spacial score (nSPS) is 11.5.